The quantitative estimate of drug-likeness (QED) is 0.926. The van der Waals surface area contributed by atoms with Gasteiger partial charge in [0.1, 0.15) is 11.6 Å². The molecule has 18 heavy (non-hydrogen) atoms. The molecule has 2 aromatic rings. The van der Waals surface area contributed by atoms with E-state index in [1.165, 1.54) is 12.1 Å². The number of pyridine rings is 1. The van der Waals surface area contributed by atoms with Crippen LogP contribution in [0.4, 0.5) is 4.39 Å². The molecule has 5 heteroatoms. The molecule has 0 bridgehead atoms. The fourth-order valence-corrected chi connectivity index (χ4v) is 1.66. The summed E-state index contributed by atoms with van der Waals surface area (Å²) in [7, 11) is 0. The Morgan fingerprint density at radius 3 is 2.78 bits per heavy atom. The molecule has 0 saturated heterocycles. The first kappa shape index (κ1) is 12.8. The van der Waals surface area contributed by atoms with Gasteiger partial charge in [-0.15, -0.1) is 0 Å². The van der Waals surface area contributed by atoms with Gasteiger partial charge in [0.15, 0.2) is 0 Å². The molecular weight excluding hydrogens is 255 g/mol. The number of halogens is 2. The molecule has 0 fully saturated rings. The molecule has 0 saturated carbocycles. The lowest BCUT2D eigenvalue weighted by Crippen LogP contribution is -1.99. The highest BCUT2D eigenvalue weighted by Crippen LogP contribution is 2.25. The Bertz CT molecular complexity index is 575. The molecule has 1 aromatic heterocycles. The number of benzene rings is 1. The standard InChI is InChI=1S/C13H12ClFN2O/c1-8-4-9(7-16)5-13(17-8)18-10-2-3-11(14)12(15)6-10/h2-6H,7,16H2,1H3. The minimum absolute atomic E-state index is 0.0576. The molecule has 0 aliphatic rings. The molecule has 2 rings (SSSR count). The van der Waals surface area contributed by atoms with Gasteiger partial charge in [-0.1, -0.05) is 11.6 Å². The number of hydrogen-bond acceptors (Lipinski definition) is 3. The van der Waals surface area contributed by atoms with Crippen molar-refractivity contribution in [3.63, 3.8) is 0 Å². The van der Waals surface area contributed by atoms with Gasteiger partial charge >= 0.3 is 0 Å². The van der Waals surface area contributed by atoms with Crippen LogP contribution in [0.25, 0.3) is 0 Å². The molecule has 1 heterocycles. The van der Waals surface area contributed by atoms with Crippen LogP contribution in [0.2, 0.25) is 5.02 Å². The first-order chi connectivity index (χ1) is 8.58. The van der Waals surface area contributed by atoms with Crippen LogP contribution < -0.4 is 10.5 Å². The van der Waals surface area contributed by atoms with E-state index < -0.39 is 5.82 Å². The molecular formula is C13H12ClFN2O. The van der Waals surface area contributed by atoms with E-state index in [2.05, 4.69) is 4.98 Å². The Morgan fingerprint density at radius 2 is 2.11 bits per heavy atom. The van der Waals surface area contributed by atoms with Crippen LogP contribution in [0, 0.1) is 12.7 Å². The van der Waals surface area contributed by atoms with Gasteiger partial charge in [-0.05, 0) is 30.7 Å². The normalized spacial score (nSPS) is 10.4. The minimum Gasteiger partial charge on any atom is -0.439 e. The molecule has 0 spiro atoms. The molecule has 2 N–H and O–H groups in total. The Hall–Kier alpha value is -1.65. The van der Waals surface area contributed by atoms with Gasteiger partial charge in [0, 0.05) is 24.4 Å². The summed E-state index contributed by atoms with van der Waals surface area (Å²) in [5, 5.41) is 0.0576. The van der Waals surface area contributed by atoms with Crippen molar-refractivity contribution >= 4 is 11.6 Å². The zero-order chi connectivity index (χ0) is 13.1. The number of ether oxygens (including phenoxy) is 1. The predicted octanol–water partition coefficient (Wildman–Crippen LogP) is 3.43. The van der Waals surface area contributed by atoms with Crippen LogP contribution in [-0.2, 0) is 6.54 Å². The average Bonchev–Trinajstić information content (AvgIpc) is 2.33. The summed E-state index contributed by atoms with van der Waals surface area (Å²) in [5.41, 5.74) is 7.27. The highest BCUT2D eigenvalue weighted by molar-refractivity contribution is 6.30. The Morgan fingerprint density at radius 1 is 1.33 bits per heavy atom. The van der Waals surface area contributed by atoms with Gasteiger partial charge in [-0.3, -0.25) is 0 Å². The second-order valence-electron chi connectivity index (χ2n) is 3.84. The summed E-state index contributed by atoms with van der Waals surface area (Å²) in [4.78, 5) is 4.20. The Kier molecular flexibility index (Phi) is 3.79. The largest absolute Gasteiger partial charge is 0.439 e. The number of aromatic nitrogens is 1. The maximum absolute atomic E-state index is 13.3. The third-order valence-electron chi connectivity index (χ3n) is 2.34. The SMILES string of the molecule is Cc1cc(CN)cc(Oc2ccc(Cl)c(F)c2)n1. The van der Waals surface area contributed by atoms with E-state index in [9.17, 15) is 4.39 Å². The third kappa shape index (κ3) is 2.97. The molecule has 0 aliphatic heterocycles. The molecule has 0 radical (unpaired) electrons. The number of nitrogens with two attached hydrogens (primary N) is 1. The van der Waals surface area contributed by atoms with E-state index in [0.717, 1.165) is 11.3 Å². The van der Waals surface area contributed by atoms with Crippen LogP contribution in [0.15, 0.2) is 30.3 Å². The minimum atomic E-state index is -0.527. The van der Waals surface area contributed by atoms with Crippen LogP contribution >= 0.6 is 11.6 Å². The van der Waals surface area contributed by atoms with E-state index >= 15 is 0 Å². The van der Waals surface area contributed by atoms with E-state index in [1.807, 2.05) is 13.0 Å². The van der Waals surface area contributed by atoms with E-state index in [0.29, 0.717) is 18.2 Å². The van der Waals surface area contributed by atoms with Crippen molar-refractivity contribution in [3.8, 4) is 11.6 Å². The lowest BCUT2D eigenvalue weighted by molar-refractivity contribution is 0.456. The first-order valence-corrected chi connectivity index (χ1v) is 5.77. The molecule has 0 atom stereocenters. The van der Waals surface area contributed by atoms with Crippen LogP contribution in [0.5, 0.6) is 11.6 Å². The van der Waals surface area contributed by atoms with Crippen LogP contribution in [0.1, 0.15) is 11.3 Å². The van der Waals surface area contributed by atoms with Gasteiger partial charge < -0.3 is 10.5 Å². The van der Waals surface area contributed by atoms with Crippen molar-refractivity contribution in [3.05, 3.63) is 52.4 Å². The van der Waals surface area contributed by atoms with Crippen molar-refractivity contribution in [1.82, 2.24) is 4.98 Å². The second-order valence-corrected chi connectivity index (χ2v) is 4.24. The topological polar surface area (TPSA) is 48.1 Å². The summed E-state index contributed by atoms with van der Waals surface area (Å²) in [6, 6.07) is 7.83. The molecule has 1 aromatic carbocycles. The zero-order valence-corrected chi connectivity index (χ0v) is 10.5. The highest BCUT2D eigenvalue weighted by atomic mass is 35.5. The van der Waals surface area contributed by atoms with Crippen molar-refractivity contribution in [2.45, 2.75) is 13.5 Å². The third-order valence-corrected chi connectivity index (χ3v) is 2.65. The molecule has 0 unspecified atom stereocenters. The summed E-state index contributed by atoms with van der Waals surface area (Å²) < 4.78 is 18.7. The van der Waals surface area contributed by atoms with Gasteiger partial charge in [0.05, 0.1) is 5.02 Å². The van der Waals surface area contributed by atoms with E-state index in [1.54, 1.807) is 12.1 Å². The smallest absolute Gasteiger partial charge is 0.219 e. The molecule has 3 nitrogen and oxygen atoms in total. The lowest BCUT2D eigenvalue weighted by atomic mass is 10.2. The molecule has 0 aliphatic carbocycles. The number of aryl methyl sites for hydroxylation is 1. The maximum atomic E-state index is 13.3. The van der Waals surface area contributed by atoms with Crippen LogP contribution in [-0.4, -0.2) is 4.98 Å². The second kappa shape index (κ2) is 5.33. The van der Waals surface area contributed by atoms with E-state index in [4.69, 9.17) is 22.1 Å². The number of nitrogens with zero attached hydrogens (tertiary/aromatic N) is 1. The highest BCUT2D eigenvalue weighted by Gasteiger charge is 2.05. The monoisotopic (exact) mass is 266 g/mol. The average molecular weight is 267 g/mol. The van der Waals surface area contributed by atoms with Gasteiger partial charge in [0.25, 0.3) is 0 Å². The van der Waals surface area contributed by atoms with Crippen molar-refractivity contribution in [1.29, 1.82) is 0 Å². The summed E-state index contributed by atoms with van der Waals surface area (Å²) in [5.74, 6) is 0.205. The van der Waals surface area contributed by atoms with Crippen molar-refractivity contribution in [2.24, 2.45) is 5.73 Å². The summed E-state index contributed by atoms with van der Waals surface area (Å²) in [6.45, 7) is 2.24. The zero-order valence-electron chi connectivity index (χ0n) is 9.78. The fraction of sp³-hybridized carbons (Fsp3) is 0.154. The summed E-state index contributed by atoms with van der Waals surface area (Å²) in [6.07, 6.45) is 0. The Balaban J connectivity index is 2.27. The molecule has 94 valence electrons. The van der Waals surface area contributed by atoms with Gasteiger partial charge in [-0.25, -0.2) is 9.37 Å². The van der Waals surface area contributed by atoms with Crippen molar-refractivity contribution < 1.29 is 9.13 Å². The summed E-state index contributed by atoms with van der Waals surface area (Å²) >= 11 is 5.59. The predicted molar refractivity (Wildman–Crippen MR) is 68.3 cm³/mol. The van der Waals surface area contributed by atoms with Gasteiger partial charge in [0.2, 0.25) is 5.88 Å². The number of rotatable bonds is 3. The van der Waals surface area contributed by atoms with Gasteiger partial charge in [-0.2, -0.15) is 0 Å². The molecule has 0 amide bonds. The van der Waals surface area contributed by atoms with E-state index in [-0.39, 0.29) is 5.02 Å². The number of hydrogen-bond donors (Lipinski definition) is 1. The first-order valence-electron chi connectivity index (χ1n) is 5.39. The van der Waals surface area contributed by atoms with Crippen LogP contribution in [0.3, 0.4) is 0 Å². The maximum Gasteiger partial charge on any atom is 0.219 e. The van der Waals surface area contributed by atoms with Crippen molar-refractivity contribution in [2.75, 3.05) is 0 Å². The lowest BCUT2D eigenvalue weighted by Gasteiger charge is -2.08. The fourth-order valence-electron chi connectivity index (χ4n) is 1.54. The Labute approximate surface area is 109 Å².